The summed E-state index contributed by atoms with van der Waals surface area (Å²) >= 11 is 13.0. The Labute approximate surface area is 242 Å². The topological polar surface area (TPSA) is 107 Å². The lowest BCUT2D eigenvalue weighted by molar-refractivity contribution is -0.366. The summed E-state index contributed by atoms with van der Waals surface area (Å²) in [6.07, 6.45) is -5.36. The first-order valence-corrected chi connectivity index (χ1v) is 12.7. The second kappa shape index (κ2) is 11.8. The number of likely N-dealkylation sites (N-methyl/N-ethyl adjacent to an activating group) is 1. The SMILES string of the molecule is Cc1nc2ccccc2cc1OCc1c(Cl)ccc(N(C)C(=O)C(NC(N)=O)(OC(F)(F)F)c2ccccc2)c1Cl. The molecule has 4 aromatic rings. The highest BCUT2D eigenvalue weighted by Crippen LogP contribution is 2.39. The van der Waals surface area contributed by atoms with Crippen LogP contribution >= 0.6 is 23.2 Å². The molecule has 0 radical (unpaired) electrons. The molecule has 0 spiro atoms. The molecule has 0 aliphatic carbocycles. The molecular formula is C28H23Cl2F3N4O4. The maximum absolute atomic E-state index is 13.8. The van der Waals surface area contributed by atoms with Gasteiger partial charge in [0.2, 0.25) is 0 Å². The van der Waals surface area contributed by atoms with Crippen LogP contribution in [0.25, 0.3) is 10.9 Å². The number of carbonyl (C=O) groups is 2. The first kappa shape index (κ1) is 29.9. The molecule has 0 aliphatic heterocycles. The summed E-state index contributed by atoms with van der Waals surface area (Å²) in [6, 6.07) is 17.2. The molecule has 4 rings (SSSR count). The number of carbonyl (C=O) groups excluding carboxylic acids is 2. The molecule has 0 bridgehead atoms. The highest BCUT2D eigenvalue weighted by molar-refractivity contribution is 6.38. The van der Waals surface area contributed by atoms with Gasteiger partial charge in [-0.25, -0.2) is 9.78 Å². The first-order chi connectivity index (χ1) is 19.3. The second-order valence-electron chi connectivity index (χ2n) is 8.86. The van der Waals surface area contributed by atoms with Crippen LogP contribution in [0.1, 0.15) is 16.8 Å². The lowest BCUT2D eigenvalue weighted by Gasteiger charge is -2.36. The van der Waals surface area contributed by atoms with Crippen molar-refractivity contribution < 1.29 is 32.2 Å². The van der Waals surface area contributed by atoms with Gasteiger partial charge in [0.05, 0.1) is 21.9 Å². The monoisotopic (exact) mass is 606 g/mol. The molecule has 0 saturated carbocycles. The molecule has 0 aliphatic rings. The number of fused-ring (bicyclic) bond motifs is 1. The van der Waals surface area contributed by atoms with E-state index in [1.807, 2.05) is 29.6 Å². The van der Waals surface area contributed by atoms with Crippen LogP contribution in [0.3, 0.4) is 0 Å². The third-order valence-corrected chi connectivity index (χ3v) is 6.90. The largest absolute Gasteiger partial charge is 0.525 e. The van der Waals surface area contributed by atoms with Gasteiger partial charge in [-0.15, -0.1) is 13.2 Å². The van der Waals surface area contributed by atoms with Crippen molar-refractivity contribution in [1.82, 2.24) is 10.3 Å². The number of nitrogens with two attached hydrogens (primary N) is 1. The van der Waals surface area contributed by atoms with E-state index in [0.717, 1.165) is 15.8 Å². The van der Waals surface area contributed by atoms with Gasteiger partial charge in [-0.1, -0.05) is 71.7 Å². The third kappa shape index (κ3) is 6.48. The van der Waals surface area contributed by atoms with E-state index < -0.39 is 24.0 Å². The molecule has 3 N–H and O–H groups in total. The van der Waals surface area contributed by atoms with E-state index in [0.29, 0.717) is 11.4 Å². The van der Waals surface area contributed by atoms with E-state index in [9.17, 15) is 22.8 Å². The number of anilines is 1. The number of ether oxygens (including phenoxy) is 2. The highest BCUT2D eigenvalue weighted by atomic mass is 35.5. The van der Waals surface area contributed by atoms with Crippen LogP contribution in [0.2, 0.25) is 10.0 Å². The number of primary amides is 1. The van der Waals surface area contributed by atoms with Crippen LogP contribution in [-0.2, 0) is 21.9 Å². The maximum Gasteiger partial charge on any atom is 0.525 e. The van der Waals surface area contributed by atoms with Crippen molar-refractivity contribution in [3.63, 3.8) is 0 Å². The number of rotatable bonds is 8. The highest BCUT2D eigenvalue weighted by Gasteiger charge is 2.53. The zero-order valence-corrected chi connectivity index (χ0v) is 23.1. The van der Waals surface area contributed by atoms with Crippen molar-refractivity contribution in [3.8, 4) is 5.75 Å². The van der Waals surface area contributed by atoms with E-state index in [1.165, 1.54) is 49.5 Å². The Balaban J connectivity index is 1.72. The predicted octanol–water partition coefficient (Wildman–Crippen LogP) is 6.45. The van der Waals surface area contributed by atoms with Crippen LogP contribution in [0.4, 0.5) is 23.7 Å². The minimum atomic E-state index is -5.36. The minimum Gasteiger partial charge on any atom is -0.487 e. The molecule has 8 nitrogen and oxygen atoms in total. The Morgan fingerprint density at radius 3 is 2.34 bits per heavy atom. The molecule has 13 heteroatoms. The van der Waals surface area contributed by atoms with Crippen molar-refractivity contribution in [3.05, 3.63) is 99.7 Å². The molecule has 1 atom stereocenters. The van der Waals surface area contributed by atoms with E-state index in [-0.39, 0.29) is 33.5 Å². The van der Waals surface area contributed by atoms with Gasteiger partial charge in [-0.3, -0.25) is 14.8 Å². The number of hydrogen-bond donors (Lipinski definition) is 2. The number of aromatic nitrogens is 1. The average Bonchev–Trinajstić information content (AvgIpc) is 2.91. The molecule has 214 valence electrons. The van der Waals surface area contributed by atoms with Crippen molar-refractivity contribution in [2.75, 3.05) is 11.9 Å². The third-order valence-electron chi connectivity index (χ3n) is 6.12. The average molecular weight is 607 g/mol. The number of urea groups is 1. The van der Waals surface area contributed by atoms with Crippen LogP contribution in [-0.4, -0.2) is 30.3 Å². The fraction of sp³-hybridized carbons (Fsp3) is 0.179. The summed E-state index contributed by atoms with van der Waals surface area (Å²) in [4.78, 5) is 31.0. The summed E-state index contributed by atoms with van der Waals surface area (Å²) in [6.45, 7) is 1.61. The van der Waals surface area contributed by atoms with Crippen LogP contribution < -0.4 is 20.7 Å². The Hall–Kier alpha value is -4.06. The zero-order chi connectivity index (χ0) is 29.9. The number of nitrogens with zero attached hydrogens (tertiary/aromatic N) is 2. The lowest BCUT2D eigenvalue weighted by Crippen LogP contribution is -2.61. The zero-order valence-electron chi connectivity index (χ0n) is 21.6. The van der Waals surface area contributed by atoms with Crippen LogP contribution in [0.15, 0.2) is 72.8 Å². The number of halogens is 5. The van der Waals surface area contributed by atoms with E-state index in [1.54, 1.807) is 13.0 Å². The number of hydrogen-bond acceptors (Lipinski definition) is 5. The normalized spacial score (nSPS) is 13.0. The molecule has 0 saturated heterocycles. The number of nitrogens with one attached hydrogen (secondary N) is 1. The number of alkyl halides is 3. The van der Waals surface area contributed by atoms with Crippen LogP contribution in [0, 0.1) is 6.92 Å². The van der Waals surface area contributed by atoms with E-state index in [4.69, 9.17) is 33.7 Å². The van der Waals surface area contributed by atoms with Gasteiger partial charge in [-0.2, -0.15) is 0 Å². The molecule has 1 unspecified atom stereocenters. The number of aryl methyl sites for hydroxylation is 1. The molecule has 3 aromatic carbocycles. The summed E-state index contributed by atoms with van der Waals surface area (Å²) < 4.78 is 51.2. The molecule has 1 heterocycles. The fourth-order valence-electron chi connectivity index (χ4n) is 4.21. The summed E-state index contributed by atoms with van der Waals surface area (Å²) in [5.41, 5.74) is 3.39. The van der Waals surface area contributed by atoms with Crippen LogP contribution in [0.5, 0.6) is 5.75 Å². The summed E-state index contributed by atoms with van der Waals surface area (Å²) in [7, 11) is 1.17. The summed E-state index contributed by atoms with van der Waals surface area (Å²) in [5.74, 6) is -0.886. The Bertz CT molecular complexity index is 1610. The van der Waals surface area contributed by atoms with Gasteiger partial charge < -0.3 is 15.4 Å². The summed E-state index contributed by atoms with van der Waals surface area (Å²) in [5, 5.41) is 2.78. The van der Waals surface area contributed by atoms with Crippen molar-refractivity contribution in [2.45, 2.75) is 25.6 Å². The number of benzene rings is 3. The maximum atomic E-state index is 13.8. The molecule has 3 amide bonds. The molecule has 1 aromatic heterocycles. The molecular weight excluding hydrogens is 584 g/mol. The number of para-hydroxylation sites is 1. The Morgan fingerprint density at radius 2 is 1.68 bits per heavy atom. The van der Waals surface area contributed by atoms with Crippen molar-refractivity contribution in [2.24, 2.45) is 5.73 Å². The lowest BCUT2D eigenvalue weighted by atomic mass is 10.00. The predicted molar refractivity (Wildman–Crippen MR) is 149 cm³/mol. The minimum absolute atomic E-state index is 0.0367. The van der Waals surface area contributed by atoms with Crippen molar-refractivity contribution >= 4 is 51.7 Å². The van der Waals surface area contributed by atoms with Gasteiger partial charge >= 0.3 is 12.4 Å². The van der Waals surface area contributed by atoms with E-state index in [2.05, 4.69) is 9.72 Å². The second-order valence-corrected chi connectivity index (χ2v) is 9.65. The standard InChI is InChI=1S/C28H23Cl2F3N4O4/c1-16-23(14-17-8-6-7-11-21(17)35-16)40-15-19-20(29)12-13-22(24(19)30)37(2)25(38)27(36-26(34)39,41-28(31,32)33)18-9-4-3-5-10-18/h3-14H,15H2,1-2H3,(H3,34,36,39). The Kier molecular flexibility index (Phi) is 8.62. The fourth-order valence-corrected chi connectivity index (χ4v) is 4.81. The van der Waals surface area contributed by atoms with E-state index >= 15 is 0 Å². The molecule has 41 heavy (non-hydrogen) atoms. The quantitative estimate of drug-likeness (QED) is 0.224. The van der Waals surface area contributed by atoms with Gasteiger partial charge in [0.1, 0.15) is 12.4 Å². The van der Waals surface area contributed by atoms with Gasteiger partial charge in [-0.05, 0) is 31.2 Å². The Morgan fingerprint density at radius 1 is 1.02 bits per heavy atom. The first-order valence-electron chi connectivity index (χ1n) is 12.0. The van der Waals surface area contributed by atoms with Crippen molar-refractivity contribution in [1.29, 1.82) is 0 Å². The van der Waals surface area contributed by atoms with Gasteiger partial charge in [0, 0.05) is 28.6 Å². The number of amides is 3. The molecule has 0 fully saturated rings. The van der Waals surface area contributed by atoms with Gasteiger partial charge in [0.15, 0.2) is 0 Å². The number of pyridine rings is 1. The smallest absolute Gasteiger partial charge is 0.487 e. The van der Waals surface area contributed by atoms with Gasteiger partial charge in [0.25, 0.3) is 11.6 Å².